The second kappa shape index (κ2) is 7.19. The van der Waals surface area contributed by atoms with Crippen LogP contribution in [0.2, 0.25) is 0 Å². The highest BCUT2D eigenvalue weighted by molar-refractivity contribution is 7.89. The van der Waals surface area contributed by atoms with Gasteiger partial charge in [0.2, 0.25) is 10.0 Å². The fourth-order valence-corrected chi connectivity index (χ4v) is 4.19. The van der Waals surface area contributed by atoms with E-state index in [9.17, 15) is 17.2 Å². The molecule has 1 aliphatic heterocycles. The number of benzene rings is 2. The van der Waals surface area contributed by atoms with Gasteiger partial charge in [-0.2, -0.15) is 0 Å². The Hall–Kier alpha value is -1.83. The molecule has 1 aliphatic rings. The van der Waals surface area contributed by atoms with Crippen molar-refractivity contribution in [2.45, 2.75) is 23.2 Å². The topological polar surface area (TPSA) is 55.4 Å². The van der Waals surface area contributed by atoms with Gasteiger partial charge in [-0.3, -0.25) is 0 Å². The summed E-state index contributed by atoms with van der Waals surface area (Å²) in [5.41, 5.74) is 0.415. The molecular formula is C18H19F2NO3S. The van der Waals surface area contributed by atoms with Gasteiger partial charge in [-0.15, -0.1) is 0 Å². The number of hydrogen-bond donors (Lipinski definition) is 1. The zero-order valence-electron chi connectivity index (χ0n) is 13.5. The summed E-state index contributed by atoms with van der Waals surface area (Å²) in [5, 5.41) is 0. The van der Waals surface area contributed by atoms with Crippen LogP contribution in [0.5, 0.6) is 0 Å². The molecule has 0 saturated carbocycles. The minimum atomic E-state index is -3.76. The molecule has 25 heavy (non-hydrogen) atoms. The highest BCUT2D eigenvalue weighted by Gasteiger charge is 2.35. The van der Waals surface area contributed by atoms with Crippen LogP contribution in [0.4, 0.5) is 8.78 Å². The molecule has 0 atom stereocenters. The Morgan fingerprint density at radius 3 is 2.00 bits per heavy atom. The molecule has 2 aromatic carbocycles. The minimum absolute atomic E-state index is 0.00946. The van der Waals surface area contributed by atoms with Gasteiger partial charge in [-0.25, -0.2) is 21.9 Å². The normalized spacial score (nSPS) is 17.4. The zero-order chi connectivity index (χ0) is 17.9. The van der Waals surface area contributed by atoms with Crippen LogP contribution in [0.15, 0.2) is 53.4 Å². The van der Waals surface area contributed by atoms with Gasteiger partial charge in [0, 0.05) is 25.2 Å². The summed E-state index contributed by atoms with van der Waals surface area (Å²) < 4.78 is 59.3. The molecule has 4 nitrogen and oxygen atoms in total. The van der Waals surface area contributed by atoms with Crippen molar-refractivity contribution in [1.82, 2.24) is 4.72 Å². The lowest BCUT2D eigenvalue weighted by molar-refractivity contribution is 0.0517. The molecular weight excluding hydrogens is 348 g/mol. The molecule has 0 radical (unpaired) electrons. The molecule has 1 heterocycles. The van der Waals surface area contributed by atoms with Crippen LogP contribution in [-0.4, -0.2) is 28.2 Å². The lowest BCUT2D eigenvalue weighted by Crippen LogP contribution is -2.44. The van der Waals surface area contributed by atoms with Crippen LogP contribution in [0.1, 0.15) is 18.4 Å². The van der Waals surface area contributed by atoms with Crippen molar-refractivity contribution in [3.8, 4) is 0 Å². The lowest BCUT2D eigenvalue weighted by Gasteiger charge is -2.37. The maximum absolute atomic E-state index is 13.2. The molecule has 0 bridgehead atoms. The third-order valence-corrected chi connectivity index (χ3v) is 6.05. The Kier molecular flexibility index (Phi) is 5.17. The number of rotatable bonds is 5. The predicted octanol–water partition coefficient (Wildman–Crippen LogP) is 2.99. The second-order valence-corrected chi connectivity index (χ2v) is 7.95. The summed E-state index contributed by atoms with van der Waals surface area (Å²) in [7, 11) is -3.76. The van der Waals surface area contributed by atoms with Crippen LogP contribution in [-0.2, 0) is 20.2 Å². The number of ether oxygens (including phenoxy) is 1. The molecule has 0 unspecified atom stereocenters. The summed E-state index contributed by atoms with van der Waals surface area (Å²) >= 11 is 0. The number of nitrogens with one attached hydrogen (secondary N) is 1. The molecule has 3 rings (SSSR count). The molecule has 134 valence electrons. The highest BCUT2D eigenvalue weighted by Crippen LogP contribution is 2.34. The van der Waals surface area contributed by atoms with Crippen molar-refractivity contribution in [3.63, 3.8) is 0 Å². The Bertz CT molecular complexity index is 814. The summed E-state index contributed by atoms with van der Waals surface area (Å²) in [4.78, 5) is 0.00946. The number of hydrogen-bond acceptors (Lipinski definition) is 3. The first-order valence-corrected chi connectivity index (χ1v) is 9.49. The van der Waals surface area contributed by atoms with E-state index in [4.69, 9.17) is 4.74 Å². The van der Waals surface area contributed by atoms with E-state index in [0.717, 1.165) is 17.7 Å². The first-order valence-electron chi connectivity index (χ1n) is 8.00. The summed E-state index contributed by atoms with van der Waals surface area (Å²) in [6.45, 7) is 1.19. The molecule has 1 saturated heterocycles. The average molecular weight is 367 g/mol. The van der Waals surface area contributed by atoms with Crippen LogP contribution in [0, 0.1) is 11.6 Å². The number of sulfonamides is 1. The lowest BCUT2D eigenvalue weighted by atomic mass is 9.74. The number of halogens is 2. The van der Waals surface area contributed by atoms with E-state index in [1.54, 1.807) is 12.1 Å². The van der Waals surface area contributed by atoms with Crippen molar-refractivity contribution in [2.75, 3.05) is 19.8 Å². The quantitative estimate of drug-likeness (QED) is 0.884. The largest absolute Gasteiger partial charge is 0.381 e. The van der Waals surface area contributed by atoms with Gasteiger partial charge < -0.3 is 4.74 Å². The molecule has 7 heteroatoms. The van der Waals surface area contributed by atoms with Crippen molar-refractivity contribution in [2.24, 2.45) is 0 Å². The van der Waals surface area contributed by atoms with Crippen LogP contribution >= 0.6 is 0 Å². The Labute approximate surface area is 145 Å². The Balaban J connectivity index is 1.83. The van der Waals surface area contributed by atoms with E-state index in [0.29, 0.717) is 26.1 Å². The van der Waals surface area contributed by atoms with E-state index in [1.807, 2.05) is 0 Å². The van der Waals surface area contributed by atoms with Crippen molar-refractivity contribution in [1.29, 1.82) is 0 Å². The zero-order valence-corrected chi connectivity index (χ0v) is 14.4. The third-order valence-electron chi connectivity index (χ3n) is 4.63. The predicted molar refractivity (Wildman–Crippen MR) is 89.7 cm³/mol. The van der Waals surface area contributed by atoms with Crippen LogP contribution < -0.4 is 4.72 Å². The fourth-order valence-electron chi connectivity index (χ4n) is 3.06. The first-order chi connectivity index (χ1) is 11.9. The first kappa shape index (κ1) is 18.0. The van der Waals surface area contributed by atoms with Gasteiger partial charge in [0.15, 0.2) is 0 Å². The Morgan fingerprint density at radius 2 is 1.44 bits per heavy atom. The smallest absolute Gasteiger partial charge is 0.240 e. The van der Waals surface area contributed by atoms with Gasteiger partial charge in [0.1, 0.15) is 11.6 Å². The van der Waals surface area contributed by atoms with E-state index in [-0.39, 0.29) is 17.3 Å². The highest BCUT2D eigenvalue weighted by atomic mass is 32.2. The SMILES string of the molecule is O=S(=O)(NCC1(c2ccc(F)cc2)CCOCC1)c1ccc(F)cc1. The van der Waals surface area contributed by atoms with E-state index in [2.05, 4.69) is 4.72 Å². The van der Waals surface area contributed by atoms with Crippen LogP contribution in [0.25, 0.3) is 0 Å². The Morgan fingerprint density at radius 1 is 0.920 bits per heavy atom. The molecule has 2 aromatic rings. The molecule has 1 N–H and O–H groups in total. The summed E-state index contributed by atoms with van der Waals surface area (Å²) in [6.07, 6.45) is 1.26. The molecule has 0 amide bonds. The fraction of sp³-hybridized carbons (Fsp3) is 0.333. The van der Waals surface area contributed by atoms with Crippen molar-refractivity contribution < 1.29 is 21.9 Å². The molecule has 0 spiro atoms. The molecule has 1 fully saturated rings. The van der Waals surface area contributed by atoms with E-state index < -0.39 is 21.3 Å². The van der Waals surface area contributed by atoms with Gasteiger partial charge in [-0.1, -0.05) is 12.1 Å². The van der Waals surface area contributed by atoms with Crippen molar-refractivity contribution >= 4 is 10.0 Å². The monoisotopic (exact) mass is 367 g/mol. The molecule has 0 aromatic heterocycles. The molecule has 0 aliphatic carbocycles. The second-order valence-electron chi connectivity index (χ2n) is 6.18. The maximum atomic E-state index is 13.2. The van der Waals surface area contributed by atoms with Crippen LogP contribution in [0.3, 0.4) is 0 Å². The standard InChI is InChI=1S/C18H19F2NO3S/c19-15-3-1-14(2-4-15)18(9-11-24-12-10-18)13-21-25(22,23)17-7-5-16(20)6-8-17/h1-8,21H,9-13H2. The van der Waals surface area contributed by atoms with Crippen molar-refractivity contribution in [3.05, 3.63) is 65.7 Å². The third kappa shape index (κ3) is 4.05. The van der Waals surface area contributed by atoms with E-state index >= 15 is 0 Å². The minimum Gasteiger partial charge on any atom is -0.381 e. The summed E-state index contributed by atoms with van der Waals surface area (Å²) in [5.74, 6) is -0.830. The van der Waals surface area contributed by atoms with Gasteiger partial charge in [0.05, 0.1) is 4.90 Å². The maximum Gasteiger partial charge on any atom is 0.240 e. The summed E-state index contributed by atoms with van der Waals surface area (Å²) in [6, 6.07) is 10.8. The van der Waals surface area contributed by atoms with Gasteiger partial charge in [-0.05, 0) is 54.8 Å². The van der Waals surface area contributed by atoms with E-state index in [1.165, 1.54) is 24.3 Å². The average Bonchev–Trinajstić information content (AvgIpc) is 2.62. The van der Waals surface area contributed by atoms with Gasteiger partial charge >= 0.3 is 0 Å². The van der Waals surface area contributed by atoms with Gasteiger partial charge in [0.25, 0.3) is 0 Å².